The van der Waals surface area contributed by atoms with Crippen LogP contribution in [0.4, 0.5) is 5.69 Å². The average Bonchev–Trinajstić information content (AvgIpc) is 3.26. The maximum atomic E-state index is 12.8. The van der Waals surface area contributed by atoms with Crippen molar-refractivity contribution < 1.29 is 14.3 Å². The summed E-state index contributed by atoms with van der Waals surface area (Å²) in [4.78, 5) is 17.2. The molecule has 0 aromatic heterocycles. The standard InChI is InChI=1S/C22H30N2O3/c1-22(2)18-6-4-5-7-19(18)23(3)20(22)14-17(25)15-24-10-8-16(9-11-24)21-26-12-13-27-21/h4-7,14,16,21H,8-13,15H2,1-3H3/b20-14-. The molecule has 2 fully saturated rings. The third-order valence-electron chi connectivity index (χ3n) is 6.28. The van der Waals surface area contributed by atoms with E-state index in [-0.39, 0.29) is 17.5 Å². The number of anilines is 1. The third kappa shape index (κ3) is 3.56. The molecular weight excluding hydrogens is 340 g/mol. The summed E-state index contributed by atoms with van der Waals surface area (Å²) in [6.07, 6.45) is 3.89. The van der Waals surface area contributed by atoms with Gasteiger partial charge in [-0.15, -0.1) is 0 Å². The van der Waals surface area contributed by atoms with Gasteiger partial charge in [-0.25, -0.2) is 0 Å². The summed E-state index contributed by atoms with van der Waals surface area (Å²) in [5.74, 6) is 0.649. The minimum atomic E-state index is -0.148. The number of piperidine rings is 1. The maximum Gasteiger partial charge on any atom is 0.171 e. The van der Waals surface area contributed by atoms with E-state index in [2.05, 4.69) is 55.0 Å². The van der Waals surface area contributed by atoms with Crippen molar-refractivity contribution >= 4 is 11.5 Å². The van der Waals surface area contributed by atoms with Gasteiger partial charge >= 0.3 is 0 Å². The summed E-state index contributed by atoms with van der Waals surface area (Å²) in [7, 11) is 2.06. The number of carbonyl (C=O) groups excluding carboxylic acids is 1. The van der Waals surface area contributed by atoms with Crippen LogP contribution in [0.2, 0.25) is 0 Å². The highest BCUT2D eigenvalue weighted by Crippen LogP contribution is 2.46. The van der Waals surface area contributed by atoms with Crippen molar-refractivity contribution in [2.24, 2.45) is 5.92 Å². The topological polar surface area (TPSA) is 42.0 Å². The highest BCUT2D eigenvalue weighted by atomic mass is 16.7. The van der Waals surface area contributed by atoms with E-state index >= 15 is 0 Å². The summed E-state index contributed by atoms with van der Waals surface area (Å²) >= 11 is 0. The van der Waals surface area contributed by atoms with Crippen LogP contribution in [0.5, 0.6) is 0 Å². The van der Waals surface area contributed by atoms with E-state index in [9.17, 15) is 4.79 Å². The first-order valence-electron chi connectivity index (χ1n) is 10.0. The van der Waals surface area contributed by atoms with Crippen LogP contribution in [0.3, 0.4) is 0 Å². The van der Waals surface area contributed by atoms with Gasteiger partial charge < -0.3 is 14.4 Å². The number of likely N-dealkylation sites (tertiary alicyclic amines) is 1. The number of ketones is 1. The fourth-order valence-electron chi connectivity index (χ4n) is 4.71. The zero-order valence-electron chi connectivity index (χ0n) is 16.6. The Bertz CT molecular complexity index is 729. The molecule has 0 bridgehead atoms. The number of para-hydroxylation sites is 1. The number of benzene rings is 1. The van der Waals surface area contributed by atoms with E-state index in [1.165, 1.54) is 11.3 Å². The molecule has 5 nitrogen and oxygen atoms in total. The van der Waals surface area contributed by atoms with Crippen molar-refractivity contribution in [2.45, 2.75) is 38.4 Å². The van der Waals surface area contributed by atoms with Gasteiger partial charge in [-0.2, -0.15) is 0 Å². The Hall–Kier alpha value is -1.69. The Kier molecular flexibility index (Phi) is 5.10. The molecule has 0 radical (unpaired) electrons. The molecule has 0 saturated carbocycles. The smallest absolute Gasteiger partial charge is 0.171 e. The zero-order chi connectivity index (χ0) is 19.0. The molecule has 2 saturated heterocycles. The normalized spacial score (nSPS) is 25.3. The molecule has 3 heterocycles. The molecule has 1 aromatic carbocycles. The van der Waals surface area contributed by atoms with E-state index in [4.69, 9.17) is 9.47 Å². The monoisotopic (exact) mass is 370 g/mol. The van der Waals surface area contributed by atoms with Gasteiger partial charge in [0.25, 0.3) is 0 Å². The summed E-state index contributed by atoms with van der Waals surface area (Å²) < 4.78 is 11.3. The van der Waals surface area contributed by atoms with E-state index in [1.807, 2.05) is 6.08 Å². The summed E-state index contributed by atoms with van der Waals surface area (Å²) in [6.45, 7) is 8.17. The molecule has 0 atom stereocenters. The second-order valence-electron chi connectivity index (χ2n) is 8.42. The summed E-state index contributed by atoms with van der Waals surface area (Å²) in [6, 6.07) is 8.41. The van der Waals surface area contributed by atoms with E-state index in [0.717, 1.165) is 31.6 Å². The Morgan fingerprint density at radius 3 is 2.52 bits per heavy atom. The molecule has 0 amide bonds. The highest BCUT2D eigenvalue weighted by molar-refractivity contribution is 5.94. The quantitative estimate of drug-likeness (QED) is 0.763. The number of hydrogen-bond donors (Lipinski definition) is 0. The molecule has 146 valence electrons. The fraction of sp³-hybridized carbons (Fsp3) is 0.591. The van der Waals surface area contributed by atoms with Crippen molar-refractivity contribution in [2.75, 3.05) is 44.8 Å². The van der Waals surface area contributed by atoms with Crippen LogP contribution in [0.1, 0.15) is 32.3 Å². The van der Waals surface area contributed by atoms with Crippen LogP contribution in [0.25, 0.3) is 0 Å². The molecule has 3 aliphatic rings. The molecule has 0 N–H and O–H groups in total. The number of rotatable bonds is 4. The lowest BCUT2D eigenvalue weighted by Crippen LogP contribution is -2.40. The summed E-state index contributed by atoms with van der Waals surface area (Å²) in [5, 5.41) is 0. The number of nitrogens with zero attached hydrogens (tertiary/aromatic N) is 2. The lowest BCUT2D eigenvalue weighted by molar-refractivity contribution is -0.117. The van der Waals surface area contributed by atoms with Crippen molar-refractivity contribution in [3.8, 4) is 0 Å². The average molecular weight is 370 g/mol. The fourth-order valence-corrected chi connectivity index (χ4v) is 4.71. The first-order valence-corrected chi connectivity index (χ1v) is 10.0. The van der Waals surface area contributed by atoms with Crippen LogP contribution in [-0.2, 0) is 19.7 Å². The molecule has 0 unspecified atom stereocenters. The number of ether oxygens (including phenoxy) is 2. The molecule has 5 heteroatoms. The first-order chi connectivity index (χ1) is 13.0. The Balaban J connectivity index is 1.38. The van der Waals surface area contributed by atoms with Gasteiger partial charge in [-0.05, 0) is 37.6 Å². The number of fused-ring (bicyclic) bond motifs is 1. The SMILES string of the molecule is CN1/C(=C\C(=O)CN2CCC(C3OCCO3)CC2)C(C)(C)c2ccccc21. The highest BCUT2D eigenvalue weighted by Gasteiger charge is 2.38. The lowest BCUT2D eigenvalue weighted by Gasteiger charge is -2.33. The zero-order valence-corrected chi connectivity index (χ0v) is 16.6. The summed E-state index contributed by atoms with van der Waals surface area (Å²) in [5.41, 5.74) is 3.41. The molecule has 3 aliphatic heterocycles. The number of allylic oxidation sites excluding steroid dienone is 1. The van der Waals surface area contributed by atoms with E-state index in [1.54, 1.807) is 0 Å². The number of likely N-dealkylation sites (N-methyl/N-ethyl adjacent to an activating group) is 1. The van der Waals surface area contributed by atoms with Gasteiger partial charge in [0.2, 0.25) is 0 Å². The van der Waals surface area contributed by atoms with Crippen molar-refractivity contribution in [1.29, 1.82) is 0 Å². The Labute approximate surface area is 161 Å². The minimum absolute atomic E-state index is 0.0311. The van der Waals surface area contributed by atoms with Crippen LogP contribution >= 0.6 is 0 Å². The molecule has 1 aromatic rings. The lowest BCUT2D eigenvalue weighted by atomic mass is 9.83. The molecule has 0 aliphatic carbocycles. The molecule has 4 rings (SSSR count). The number of carbonyl (C=O) groups is 1. The van der Waals surface area contributed by atoms with Crippen LogP contribution in [0.15, 0.2) is 36.0 Å². The van der Waals surface area contributed by atoms with Crippen LogP contribution in [-0.4, -0.2) is 56.9 Å². The van der Waals surface area contributed by atoms with Gasteiger partial charge in [0.05, 0.1) is 19.8 Å². The molecule has 0 spiro atoms. The van der Waals surface area contributed by atoms with Gasteiger partial charge in [-0.3, -0.25) is 9.69 Å². The van der Waals surface area contributed by atoms with Crippen LogP contribution < -0.4 is 4.90 Å². The maximum absolute atomic E-state index is 12.8. The van der Waals surface area contributed by atoms with Crippen molar-refractivity contribution in [3.05, 3.63) is 41.6 Å². The molecular formula is C22H30N2O3. The van der Waals surface area contributed by atoms with Crippen molar-refractivity contribution in [1.82, 2.24) is 4.90 Å². The second-order valence-corrected chi connectivity index (χ2v) is 8.42. The van der Waals surface area contributed by atoms with E-state index < -0.39 is 0 Å². The van der Waals surface area contributed by atoms with Gasteiger partial charge in [0, 0.05) is 35.8 Å². The van der Waals surface area contributed by atoms with Crippen molar-refractivity contribution in [3.63, 3.8) is 0 Å². The predicted molar refractivity (Wildman–Crippen MR) is 106 cm³/mol. The predicted octanol–water partition coefficient (Wildman–Crippen LogP) is 2.95. The second kappa shape index (κ2) is 7.38. The van der Waals surface area contributed by atoms with Gasteiger partial charge in [-0.1, -0.05) is 32.0 Å². The Morgan fingerprint density at radius 1 is 1.19 bits per heavy atom. The largest absolute Gasteiger partial charge is 0.350 e. The van der Waals surface area contributed by atoms with Crippen LogP contribution in [0, 0.1) is 5.92 Å². The van der Waals surface area contributed by atoms with E-state index in [0.29, 0.717) is 25.7 Å². The molecule has 27 heavy (non-hydrogen) atoms. The minimum Gasteiger partial charge on any atom is -0.350 e. The van der Waals surface area contributed by atoms with Gasteiger partial charge in [0.15, 0.2) is 12.1 Å². The first kappa shape index (κ1) is 18.7. The third-order valence-corrected chi connectivity index (χ3v) is 6.28. The van der Waals surface area contributed by atoms with Gasteiger partial charge in [0.1, 0.15) is 0 Å². The number of hydrogen-bond acceptors (Lipinski definition) is 5. The Morgan fingerprint density at radius 2 is 1.85 bits per heavy atom.